The van der Waals surface area contributed by atoms with Crippen molar-refractivity contribution in [3.63, 3.8) is 0 Å². The van der Waals surface area contributed by atoms with Crippen LogP contribution in [0.25, 0.3) is 10.9 Å². The molecule has 2 nitrogen and oxygen atoms in total. The van der Waals surface area contributed by atoms with Gasteiger partial charge in [-0.1, -0.05) is 43.3 Å². The summed E-state index contributed by atoms with van der Waals surface area (Å²) in [4.78, 5) is 4.32. The minimum absolute atomic E-state index is 0.882. The molecule has 2 aromatic carbocycles. The predicted octanol–water partition coefficient (Wildman–Crippen LogP) is 4.05. The minimum atomic E-state index is -1.00. The summed E-state index contributed by atoms with van der Waals surface area (Å²) in [6, 6.07) is 18.0. The molecule has 0 bridgehead atoms. The molecule has 2 heteroatoms. The first-order chi connectivity index (χ1) is 10.1. The van der Waals surface area contributed by atoms with Crippen LogP contribution in [0.15, 0.2) is 60.8 Å². The van der Waals surface area contributed by atoms with Gasteiger partial charge in [-0.05, 0) is 48.2 Å². The number of hydrogen-bond acceptors (Lipinski definition) is 2. The third-order valence-electron chi connectivity index (χ3n) is 4.09. The van der Waals surface area contributed by atoms with Gasteiger partial charge in [0, 0.05) is 11.6 Å². The van der Waals surface area contributed by atoms with E-state index in [1.807, 2.05) is 49.4 Å². The summed E-state index contributed by atoms with van der Waals surface area (Å²) in [5.74, 6) is 0. The molecule has 0 saturated heterocycles. The highest BCUT2D eigenvalue weighted by molar-refractivity contribution is 5.79. The number of fused-ring (bicyclic) bond motifs is 1. The molecular weight excluding hydrogens is 258 g/mol. The van der Waals surface area contributed by atoms with E-state index >= 15 is 0 Å². The standard InChI is InChI=1S/C19H19NO/c1-3-14-6-8-16(9-7-14)19(2,21)17-10-11-18-15(13-17)5-4-12-20-18/h4-13,21H,3H2,1-2H3. The summed E-state index contributed by atoms with van der Waals surface area (Å²) in [7, 11) is 0. The van der Waals surface area contributed by atoms with E-state index < -0.39 is 5.60 Å². The molecule has 0 aliphatic carbocycles. The highest BCUT2D eigenvalue weighted by Gasteiger charge is 2.25. The third-order valence-corrected chi connectivity index (χ3v) is 4.09. The summed E-state index contributed by atoms with van der Waals surface area (Å²) < 4.78 is 0. The normalized spacial score (nSPS) is 14.0. The Labute approximate surface area is 125 Å². The maximum Gasteiger partial charge on any atom is 0.112 e. The monoisotopic (exact) mass is 277 g/mol. The lowest BCUT2D eigenvalue weighted by atomic mass is 9.87. The van der Waals surface area contributed by atoms with Gasteiger partial charge >= 0.3 is 0 Å². The average molecular weight is 277 g/mol. The van der Waals surface area contributed by atoms with E-state index in [0.717, 1.165) is 28.5 Å². The number of benzene rings is 2. The topological polar surface area (TPSA) is 33.1 Å². The fraction of sp³-hybridized carbons (Fsp3) is 0.211. The van der Waals surface area contributed by atoms with Crippen LogP contribution in [0.1, 0.15) is 30.5 Å². The summed E-state index contributed by atoms with van der Waals surface area (Å²) in [5.41, 5.74) is 3.00. The van der Waals surface area contributed by atoms with E-state index in [9.17, 15) is 5.11 Å². The van der Waals surface area contributed by atoms with Crippen molar-refractivity contribution in [1.29, 1.82) is 0 Å². The van der Waals surface area contributed by atoms with Crippen molar-refractivity contribution < 1.29 is 5.11 Å². The highest BCUT2D eigenvalue weighted by atomic mass is 16.3. The Morgan fingerprint density at radius 1 is 1.00 bits per heavy atom. The number of rotatable bonds is 3. The molecule has 0 radical (unpaired) electrons. The fourth-order valence-electron chi connectivity index (χ4n) is 2.61. The Balaban J connectivity index is 2.05. The second-order valence-electron chi connectivity index (χ2n) is 5.53. The van der Waals surface area contributed by atoms with Crippen molar-refractivity contribution in [2.75, 3.05) is 0 Å². The molecule has 21 heavy (non-hydrogen) atoms. The van der Waals surface area contributed by atoms with Gasteiger partial charge in [-0.3, -0.25) is 4.98 Å². The lowest BCUT2D eigenvalue weighted by molar-refractivity contribution is 0.102. The van der Waals surface area contributed by atoms with Crippen molar-refractivity contribution in [1.82, 2.24) is 4.98 Å². The van der Waals surface area contributed by atoms with Crippen molar-refractivity contribution in [2.45, 2.75) is 25.9 Å². The number of aromatic nitrogens is 1. The maximum atomic E-state index is 11.0. The van der Waals surface area contributed by atoms with Gasteiger partial charge < -0.3 is 5.11 Å². The molecule has 0 spiro atoms. The first kappa shape index (κ1) is 13.8. The molecule has 0 aliphatic heterocycles. The Hall–Kier alpha value is -2.19. The van der Waals surface area contributed by atoms with Crippen LogP contribution in [0.5, 0.6) is 0 Å². The molecule has 1 aromatic heterocycles. The lowest BCUT2D eigenvalue weighted by Crippen LogP contribution is -2.22. The maximum absolute atomic E-state index is 11.0. The minimum Gasteiger partial charge on any atom is -0.381 e. The lowest BCUT2D eigenvalue weighted by Gasteiger charge is -2.25. The van der Waals surface area contributed by atoms with Crippen LogP contribution in [0.3, 0.4) is 0 Å². The summed E-state index contributed by atoms with van der Waals surface area (Å²) in [6.07, 6.45) is 2.79. The largest absolute Gasteiger partial charge is 0.381 e. The summed E-state index contributed by atoms with van der Waals surface area (Å²) >= 11 is 0. The molecule has 1 heterocycles. The zero-order chi connectivity index (χ0) is 14.9. The van der Waals surface area contributed by atoms with Gasteiger partial charge in [-0.2, -0.15) is 0 Å². The SMILES string of the molecule is CCc1ccc(C(C)(O)c2ccc3ncccc3c2)cc1. The molecule has 1 atom stereocenters. The fourth-order valence-corrected chi connectivity index (χ4v) is 2.61. The summed E-state index contributed by atoms with van der Waals surface area (Å²) in [5, 5.41) is 12.0. The molecule has 3 aromatic rings. The van der Waals surface area contributed by atoms with Gasteiger partial charge in [0.1, 0.15) is 5.60 Å². The first-order valence-electron chi connectivity index (χ1n) is 7.28. The number of hydrogen-bond donors (Lipinski definition) is 1. The molecule has 1 N–H and O–H groups in total. The van der Waals surface area contributed by atoms with Gasteiger partial charge in [-0.25, -0.2) is 0 Å². The molecule has 0 fully saturated rings. The number of nitrogens with zero attached hydrogens (tertiary/aromatic N) is 1. The molecule has 1 unspecified atom stereocenters. The number of aliphatic hydroxyl groups is 1. The smallest absolute Gasteiger partial charge is 0.112 e. The van der Waals surface area contributed by atoms with Crippen LogP contribution < -0.4 is 0 Å². The average Bonchev–Trinajstić information content (AvgIpc) is 2.54. The van der Waals surface area contributed by atoms with E-state index in [4.69, 9.17) is 0 Å². The molecule has 0 aliphatic rings. The van der Waals surface area contributed by atoms with Crippen molar-refractivity contribution in [2.24, 2.45) is 0 Å². The molecule has 106 valence electrons. The quantitative estimate of drug-likeness (QED) is 0.783. The van der Waals surface area contributed by atoms with Crippen molar-refractivity contribution in [3.05, 3.63) is 77.5 Å². The zero-order valence-electron chi connectivity index (χ0n) is 12.4. The van der Waals surface area contributed by atoms with E-state index in [1.54, 1.807) is 6.20 Å². The predicted molar refractivity (Wildman–Crippen MR) is 86.2 cm³/mol. The third kappa shape index (κ3) is 2.55. The molecule has 0 saturated carbocycles. The Morgan fingerprint density at radius 3 is 2.43 bits per heavy atom. The molecular formula is C19H19NO. The van der Waals surface area contributed by atoms with Crippen molar-refractivity contribution >= 4 is 10.9 Å². The Morgan fingerprint density at radius 2 is 1.71 bits per heavy atom. The second-order valence-corrected chi connectivity index (χ2v) is 5.53. The van der Waals surface area contributed by atoms with Gasteiger partial charge in [-0.15, -0.1) is 0 Å². The number of pyridine rings is 1. The van der Waals surface area contributed by atoms with Crippen molar-refractivity contribution in [3.8, 4) is 0 Å². The van der Waals surface area contributed by atoms with Crippen LogP contribution in [0.4, 0.5) is 0 Å². The molecule has 3 rings (SSSR count). The van der Waals surface area contributed by atoms with E-state index in [2.05, 4.69) is 24.0 Å². The zero-order valence-corrected chi connectivity index (χ0v) is 12.4. The van der Waals surface area contributed by atoms with Gasteiger partial charge in [0.2, 0.25) is 0 Å². The molecule has 0 amide bonds. The second kappa shape index (κ2) is 5.30. The van der Waals surface area contributed by atoms with Gasteiger partial charge in [0.25, 0.3) is 0 Å². The van der Waals surface area contributed by atoms with E-state index in [-0.39, 0.29) is 0 Å². The van der Waals surface area contributed by atoms with E-state index in [1.165, 1.54) is 5.56 Å². The highest BCUT2D eigenvalue weighted by Crippen LogP contribution is 2.31. The van der Waals surface area contributed by atoms with Gasteiger partial charge in [0.15, 0.2) is 0 Å². The van der Waals surface area contributed by atoms with Gasteiger partial charge in [0.05, 0.1) is 5.52 Å². The van der Waals surface area contributed by atoms with E-state index in [0.29, 0.717) is 0 Å². The van der Waals surface area contributed by atoms with Crippen LogP contribution in [-0.4, -0.2) is 10.1 Å². The number of aryl methyl sites for hydroxylation is 1. The summed E-state index contributed by atoms with van der Waals surface area (Å²) in [6.45, 7) is 3.97. The van der Waals surface area contributed by atoms with Crippen LogP contribution in [0, 0.1) is 0 Å². The Kier molecular flexibility index (Phi) is 3.48. The van der Waals surface area contributed by atoms with Crippen LogP contribution in [0.2, 0.25) is 0 Å². The first-order valence-corrected chi connectivity index (χ1v) is 7.28. The Bertz CT molecular complexity index is 760. The van der Waals surface area contributed by atoms with Crippen LogP contribution >= 0.6 is 0 Å². The van der Waals surface area contributed by atoms with Crippen LogP contribution in [-0.2, 0) is 12.0 Å².